The van der Waals surface area contributed by atoms with Crippen molar-refractivity contribution in [3.63, 3.8) is 0 Å². The maximum atomic E-state index is 12.8. The highest BCUT2D eigenvalue weighted by molar-refractivity contribution is 8.00. The van der Waals surface area contributed by atoms with Gasteiger partial charge in [0.15, 0.2) is 0 Å². The van der Waals surface area contributed by atoms with Crippen molar-refractivity contribution in [1.29, 1.82) is 0 Å². The Kier molecular flexibility index (Phi) is 4.47. The lowest BCUT2D eigenvalue weighted by Crippen LogP contribution is -2.51. The van der Waals surface area contributed by atoms with Crippen LogP contribution in [0.2, 0.25) is 0 Å². The lowest BCUT2D eigenvalue weighted by molar-refractivity contribution is 0.0646. The SMILES string of the molecule is NS(=O)(=O)c1ccc(C(=O)N2CCS[C@H]3CCCC[C@H]32)cc1. The van der Waals surface area contributed by atoms with Crippen molar-refractivity contribution in [2.45, 2.75) is 41.9 Å². The molecule has 2 N–H and O–H groups in total. The zero-order valence-electron chi connectivity index (χ0n) is 12.3. The van der Waals surface area contributed by atoms with E-state index in [0.29, 0.717) is 16.9 Å². The van der Waals surface area contributed by atoms with Gasteiger partial charge in [0.05, 0.1) is 4.90 Å². The highest BCUT2D eigenvalue weighted by Gasteiger charge is 2.36. The summed E-state index contributed by atoms with van der Waals surface area (Å²) in [6, 6.07) is 6.24. The second kappa shape index (κ2) is 6.22. The molecule has 1 amide bonds. The number of rotatable bonds is 2. The van der Waals surface area contributed by atoms with Crippen molar-refractivity contribution < 1.29 is 13.2 Å². The van der Waals surface area contributed by atoms with Crippen LogP contribution in [0.15, 0.2) is 29.2 Å². The number of benzene rings is 1. The molecule has 0 spiro atoms. The number of fused-ring (bicyclic) bond motifs is 1. The third-order valence-electron chi connectivity index (χ3n) is 4.42. The van der Waals surface area contributed by atoms with Gasteiger partial charge in [-0.25, -0.2) is 13.6 Å². The zero-order valence-corrected chi connectivity index (χ0v) is 13.9. The topological polar surface area (TPSA) is 80.5 Å². The second-order valence-electron chi connectivity index (χ2n) is 5.83. The number of nitrogens with two attached hydrogens (primary N) is 1. The molecule has 7 heteroatoms. The smallest absolute Gasteiger partial charge is 0.254 e. The van der Waals surface area contributed by atoms with E-state index >= 15 is 0 Å². The summed E-state index contributed by atoms with van der Waals surface area (Å²) < 4.78 is 22.6. The Morgan fingerprint density at radius 1 is 1.18 bits per heavy atom. The molecule has 1 aromatic carbocycles. The molecule has 0 bridgehead atoms. The quantitative estimate of drug-likeness (QED) is 0.891. The first-order valence-electron chi connectivity index (χ1n) is 7.52. The summed E-state index contributed by atoms with van der Waals surface area (Å²) in [5.74, 6) is 0.973. The normalized spacial score (nSPS) is 25.6. The van der Waals surface area contributed by atoms with E-state index in [1.807, 2.05) is 16.7 Å². The van der Waals surface area contributed by atoms with Gasteiger partial charge in [0.25, 0.3) is 5.91 Å². The Balaban J connectivity index is 1.80. The van der Waals surface area contributed by atoms with Crippen LogP contribution in [0, 0.1) is 0 Å². The molecule has 2 atom stereocenters. The largest absolute Gasteiger partial charge is 0.334 e. The highest BCUT2D eigenvalue weighted by atomic mass is 32.2. The molecule has 0 unspecified atom stereocenters. The summed E-state index contributed by atoms with van der Waals surface area (Å²) in [5, 5.41) is 5.64. The molecule has 22 heavy (non-hydrogen) atoms. The van der Waals surface area contributed by atoms with Crippen LogP contribution in [-0.2, 0) is 10.0 Å². The molecule has 0 aromatic heterocycles. The van der Waals surface area contributed by atoms with Crippen molar-refractivity contribution in [1.82, 2.24) is 4.90 Å². The predicted molar refractivity (Wildman–Crippen MR) is 87.4 cm³/mol. The Labute approximate surface area is 135 Å². The van der Waals surface area contributed by atoms with Gasteiger partial charge in [-0.1, -0.05) is 12.8 Å². The molecule has 1 saturated heterocycles. The number of primary sulfonamides is 1. The van der Waals surface area contributed by atoms with Gasteiger partial charge in [-0.2, -0.15) is 11.8 Å². The van der Waals surface area contributed by atoms with Gasteiger partial charge in [-0.3, -0.25) is 4.79 Å². The number of thioether (sulfide) groups is 1. The van der Waals surface area contributed by atoms with Crippen molar-refractivity contribution in [2.24, 2.45) is 5.14 Å². The van der Waals surface area contributed by atoms with E-state index in [1.54, 1.807) is 12.1 Å². The van der Waals surface area contributed by atoms with Gasteiger partial charge in [0.2, 0.25) is 10.0 Å². The number of hydrogen-bond acceptors (Lipinski definition) is 4. The molecule has 120 valence electrons. The van der Waals surface area contributed by atoms with Crippen molar-refractivity contribution in [3.8, 4) is 0 Å². The first-order chi connectivity index (χ1) is 10.5. The molecule has 2 fully saturated rings. The minimum atomic E-state index is -3.72. The lowest BCUT2D eigenvalue weighted by Gasteiger charge is -2.43. The molecule has 5 nitrogen and oxygen atoms in total. The van der Waals surface area contributed by atoms with Crippen molar-refractivity contribution >= 4 is 27.7 Å². The third kappa shape index (κ3) is 3.16. The van der Waals surface area contributed by atoms with Gasteiger partial charge < -0.3 is 4.90 Å². The molecule has 3 rings (SSSR count). The Hall–Kier alpha value is -1.05. The van der Waals surface area contributed by atoms with E-state index in [0.717, 1.165) is 18.7 Å². The Morgan fingerprint density at radius 2 is 1.86 bits per heavy atom. The van der Waals surface area contributed by atoms with Gasteiger partial charge in [0.1, 0.15) is 0 Å². The number of carbonyl (C=O) groups excluding carboxylic acids is 1. The lowest BCUT2D eigenvalue weighted by atomic mass is 9.93. The molecular formula is C15H20N2O3S2. The van der Waals surface area contributed by atoms with Gasteiger partial charge in [0, 0.05) is 29.2 Å². The average molecular weight is 340 g/mol. The van der Waals surface area contributed by atoms with Gasteiger partial charge in [-0.05, 0) is 37.1 Å². The van der Waals surface area contributed by atoms with E-state index in [4.69, 9.17) is 5.14 Å². The van der Waals surface area contributed by atoms with Crippen LogP contribution in [0.25, 0.3) is 0 Å². The minimum absolute atomic E-state index is 0.00170. The fourth-order valence-corrected chi connectivity index (χ4v) is 5.26. The van der Waals surface area contributed by atoms with E-state index in [1.165, 1.54) is 31.4 Å². The monoisotopic (exact) mass is 340 g/mol. The molecule has 2 aliphatic rings. The average Bonchev–Trinajstić information content (AvgIpc) is 2.53. The van der Waals surface area contributed by atoms with E-state index in [-0.39, 0.29) is 10.8 Å². The first kappa shape index (κ1) is 15.8. The van der Waals surface area contributed by atoms with E-state index in [9.17, 15) is 13.2 Å². The Morgan fingerprint density at radius 3 is 2.55 bits per heavy atom. The third-order valence-corrected chi connectivity index (χ3v) is 6.75. The molecular weight excluding hydrogens is 320 g/mol. The minimum Gasteiger partial charge on any atom is -0.334 e. The number of sulfonamides is 1. The first-order valence-corrected chi connectivity index (χ1v) is 10.1. The number of hydrogen-bond donors (Lipinski definition) is 1. The number of nitrogens with zero attached hydrogens (tertiary/aromatic N) is 1. The number of amides is 1. The van der Waals surface area contributed by atoms with Crippen molar-refractivity contribution in [3.05, 3.63) is 29.8 Å². The Bertz CT molecular complexity index is 656. The van der Waals surface area contributed by atoms with Crippen LogP contribution in [-0.4, -0.2) is 42.8 Å². The maximum Gasteiger partial charge on any atom is 0.254 e. The van der Waals surface area contributed by atoms with Crippen LogP contribution in [0.4, 0.5) is 0 Å². The zero-order chi connectivity index (χ0) is 15.7. The predicted octanol–water partition coefficient (Wildman–Crippen LogP) is 1.83. The number of carbonyl (C=O) groups is 1. The second-order valence-corrected chi connectivity index (χ2v) is 8.74. The van der Waals surface area contributed by atoms with Crippen LogP contribution < -0.4 is 5.14 Å². The van der Waals surface area contributed by atoms with Gasteiger partial charge in [-0.15, -0.1) is 0 Å². The molecule has 1 heterocycles. The van der Waals surface area contributed by atoms with Crippen molar-refractivity contribution in [2.75, 3.05) is 12.3 Å². The van der Waals surface area contributed by atoms with Crippen LogP contribution >= 0.6 is 11.8 Å². The van der Waals surface area contributed by atoms with Gasteiger partial charge >= 0.3 is 0 Å². The molecule has 1 aliphatic heterocycles. The summed E-state index contributed by atoms with van der Waals surface area (Å²) in [6.07, 6.45) is 4.68. The fraction of sp³-hybridized carbons (Fsp3) is 0.533. The molecule has 0 radical (unpaired) electrons. The van der Waals surface area contributed by atoms with Crippen LogP contribution in [0.3, 0.4) is 0 Å². The summed E-state index contributed by atoms with van der Waals surface area (Å²) in [4.78, 5) is 14.8. The maximum absolute atomic E-state index is 12.8. The molecule has 1 saturated carbocycles. The summed E-state index contributed by atoms with van der Waals surface area (Å²) in [5.41, 5.74) is 0.531. The molecule has 1 aromatic rings. The summed E-state index contributed by atoms with van der Waals surface area (Å²) in [7, 11) is -3.72. The van der Waals surface area contributed by atoms with Crippen LogP contribution in [0.5, 0.6) is 0 Å². The van der Waals surface area contributed by atoms with E-state index in [2.05, 4.69) is 0 Å². The van der Waals surface area contributed by atoms with E-state index < -0.39 is 10.0 Å². The fourth-order valence-electron chi connectivity index (χ4n) is 3.30. The summed E-state index contributed by atoms with van der Waals surface area (Å²) >= 11 is 1.98. The highest BCUT2D eigenvalue weighted by Crippen LogP contribution is 2.36. The van der Waals surface area contributed by atoms with Crippen LogP contribution in [0.1, 0.15) is 36.0 Å². The summed E-state index contributed by atoms with van der Waals surface area (Å²) in [6.45, 7) is 0.765. The molecule has 1 aliphatic carbocycles. The standard InChI is InChI=1S/C15H20N2O3S2/c16-22(19,20)12-7-5-11(6-8-12)15(18)17-9-10-21-14-4-2-1-3-13(14)17/h5-8,13-14H,1-4,9-10H2,(H2,16,19,20)/t13-,14+/m1/s1.